The van der Waals surface area contributed by atoms with Crippen molar-refractivity contribution in [1.82, 2.24) is 0 Å². The summed E-state index contributed by atoms with van der Waals surface area (Å²) in [7, 11) is 0. The molecule has 2 N–H and O–H groups in total. The van der Waals surface area contributed by atoms with Gasteiger partial charge in [-0.2, -0.15) is 0 Å². The third-order valence-corrected chi connectivity index (χ3v) is 3.24. The van der Waals surface area contributed by atoms with Gasteiger partial charge in [-0.05, 0) is 34.7 Å². The van der Waals surface area contributed by atoms with Gasteiger partial charge in [0.2, 0.25) is 0 Å². The van der Waals surface area contributed by atoms with Crippen LogP contribution in [0.4, 0.5) is 4.39 Å². The molecule has 2 rings (SSSR count). The Hall–Kier alpha value is -1.31. The second-order valence-electron chi connectivity index (χ2n) is 4.92. The molecule has 0 saturated heterocycles. The van der Waals surface area contributed by atoms with Crippen LogP contribution in [0.25, 0.3) is 0 Å². The van der Waals surface area contributed by atoms with E-state index in [0.717, 1.165) is 23.2 Å². The Morgan fingerprint density at radius 3 is 2.69 bits per heavy atom. The molecule has 0 heterocycles. The summed E-state index contributed by atoms with van der Waals surface area (Å²) in [4.78, 5) is 0. The maximum atomic E-state index is 13.5. The summed E-state index contributed by atoms with van der Waals surface area (Å²) in [6.45, 7) is 6.25. The van der Waals surface area contributed by atoms with Crippen LogP contribution in [-0.2, 0) is 6.42 Å². The Balaban J connectivity index is 2.61. The van der Waals surface area contributed by atoms with Crippen molar-refractivity contribution in [2.75, 3.05) is 0 Å². The first-order valence-electron chi connectivity index (χ1n) is 5.77. The minimum atomic E-state index is -0.136. The maximum absolute atomic E-state index is 13.5. The van der Waals surface area contributed by atoms with E-state index in [2.05, 4.69) is 20.8 Å². The summed E-state index contributed by atoms with van der Waals surface area (Å²) >= 11 is 0. The molecule has 1 nitrogen and oxygen atoms in total. The molecule has 0 radical (unpaired) electrons. The van der Waals surface area contributed by atoms with E-state index in [4.69, 9.17) is 5.73 Å². The molecule has 16 heavy (non-hydrogen) atoms. The molecule has 1 unspecified atom stereocenters. The molecule has 0 saturated carbocycles. The summed E-state index contributed by atoms with van der Waals surface area (Å²) in [5.41, 5.74) is 10.2. The fourth-order valence-corrected chi connectivity index (χ4v) is 2.48. The Bertz CT molecular complexity index is 446. The van der Waals surface area contributed by atoms with Gasteiger partial charge in [-0.1, -0.05) is 26.8 Å². The van der Waals surface area contributed by atoms with Gasteiger partial charge >= 0.3 is 0 Å². The SMILES string of the molecule is CC(C)c1cc(F)cc2c1CC(N)=CC2C. The number of fused-ring (bicyclic) bond motifs is 1. The van der Waals surface area contributed by atoms with Gasteiger partial charge < -0.3 is 5.73 Å². The molecule has 2 heteroatoms. The molecular weight excluding hydrogens is 201 g/mol. The lowest BCUT2D eigenvalue weighted by Gasteiger charge is -2.24. The second kappa shape index (κ2) is 3.93. The van der Waals surface area contributed by atoms with Gasteiger partial charge in [-0.15, -0.1) is 0 Å². The van der Waals surface area contributed by atoms with Crippen molar-refractivity contribution in [2.45, 2.75) is 39.0 Å². The first-order valence-corrected chi connectivity index (χ1v) is 5.77. The first kappa shape index (κ1) is 11.2. The predicted molar refractivity (Wildman–Crippen MR) is 64.9 cm³/mol. The molecule has 1 aromatic rings. The summed E-state index contributed by atoms with van der Waals surface area (Å²) in [5.74, 6) is 0.419. The van der Waals surface area contributed by atoms with Gasteiger partial charge in [-0.25, -0.2) is 4.39 Å². The Labute approximate surface area is 96.2 Å². The topological polar surface area (TPSA) is 26.0 Å². The van der Waals surface area contributed by atoms with Crippen LogP contribution in [-0.4, -0.2) is 0 Å². The van der Waals surface area contributed by atoms with Gasteiger partial charge in [0.05, 0.1) is 0 Å². The van der Waals surface area contributed by atoms with Crippen LogP contribution < -0.4 is 5.73 Å². The highest BCUT2D eigenvalue weighted by Gasteiger charge is 2.20. The molecule has 1 aromatic carbocycles. The van der Waals surface area contributed by atoms with Crippen LogP contribution in [0.2, 0.25) is 0 Å². The van der Waals surface area contributed by atoms with Crippen LogP contribution in [0.3, 0.4) is 0 Å². The molecule has 86 valence electrons. The fourth-order valence-electron chi connectivity index (χ4n) is 2.48. The Morgan fingerprint density at radius 2 is 2.06 bits per heavy atom. The Morgan fingerprint density at radius 1 is 1.38 bits per heavy atom. The average Bonchev–Trinajstić information content (AvgIpc) is 2.18. The lowest BCUT2D eigenvalue weighted by Crippen LogP contribution is -2.15. The van der Waals surface area contributed by atoms with E-state index in [1.807, 2.05) is 6.08 Å². The minimum absolute atomic E-state index is 0.136. The van der Waals surface area contributed by atoms with Gasteiger partial charge in [0, 0.05) is 18.0 Å². The zero-order valence-electron chi connectivity index (χ0n) is 10.0. The van der Waals surface area contributed by atoms with Crippen molar-refractivity contribution in [1.29, 1.82) is 0 Å². The normalized spacial score (nSPS) is 19.6. The third kappa shape index (κ3) is 1.84. The van der Waals surface area contributed by atoms with Crippen LogP contribution in [0, 0.1) is 5.82 Å². The number of hydrogen-bond donors (Lipinski definition) is 1. The highest BCUT2D eigenvalue weighted by atomic mass is 19.1. The molecule has 1 aliphatic rings. The predicted octanol–water partition coefficient (Wildman–Crippen LogP) is 3.45. The molecule has 1 atom stereocenters. The maximum Gasteiger partial charge on any atom is 0.123 e. The van der Waals surface area contributed by atoms with Crippen molar-refractivity contribution in [2.24, 2.45) is 5.73 Å². The van der Waals surface area contributed by atoms with Crippen molar-refractivity contribution in [3.05, 3.63) is 46.4 Å². The molecule has 1 aliphatic carbocycles. The van der Waals surface area contributed by atoms with E-state index in [1.54, 1.807) is 12.1 Å². The molecule has 0 amide bonds. The van der Waals surface area contributed by atoms with Gasteiger partial charge in [0.1, 0.15) is 5.82 Å². The molecule has 0 spiro atoms. The van der Waals surface area contributed by atoms with Crippen LogP contribution >= 0.6 is 0 Å². The largest absolute Gasteiger partial charge is 0.402 e. The van der Waals surface area contributed by atoms with Crippen LogP contribution in [0.1, 0.15) is 49.3 Å². The smallest absolute Gasteiger partial charge is 0.123 e. The highest BCUT2D eigenvalue weighted by Crippen LogP contribution is 2.34. The number of allylic oxidation sites excluding steroid dienone is 2. The number of halogens is 1. The lowest BCUT2D eigenvalue weighted by atomic mass is 9.82. The molecular formula is C14H18FN. The number of rotatable bonds is 1. The van der Waals surface area contributed by atoms with Crippen LogP contribution in [0.5, 0.6) is 0 Å². The molecule has 0 bridgehead atoms. The van der Waals surface area contributed by atoms with E-state index >= 15 is 0 Å². The zero-order valence-corrected chi connectivity index (χ0v) is 10.0. The van der Waals surface area contributed by atoms with Crippen LogP contribution in [0.15, 0.2) is 23.9 Å². The van der Waals surface area contributed by atoms with Gasteiger partial charge in [0.15, 0.2) is 0 Å². The summed E-state index contributed by atoms with van der Waals surface area (Å²) in [5, 5.41) is 0. The van der Waals surface area contributed by atoms with E-state index in [-0.39, 0.29) is 11.7 Å². The lowest BCUT2D eigenvalue weighted by molar-refractivity contribution is 0.616. The standard InChI is InChI=1S/C14H18FN/c1-8(2)12-5-10(15)6-13-9(3)4-11(16)7-14(12)13/h4-6,8-9H,7,16H2,1-3H3. The monoisotopic (exact) mass is 219 g/mol. The number of hydrogen-bond acceptors (Lipinski definition) is 1. The summed E-state index contributed by atoms with van der Waals surface area (Å²) in [6.07, 6.45) is 2.78. The van der Waals surface area contributed by atoms with Crippen molar-refractivity contribution in [3.8, 4) is 0 Å². The molecule has 0 fully saturated rings. The van der Waals surface area contributed by atoms with E-state index < -0.39 is 0 Å². The quantitative estimate of drug-likeness (QED) is 0.769. The van der Waals surface area contributed by atoms with Gasteiger partial charge in [0.25, 0.3) is 0 Å². The van der Waals surface area contributed by atoms with Crippen molar-refractivity contribution in [3.63, 3.8) is 0 Å². The number of benzene rings is 1. The van der Waals surface area contributed by atoms with Crippen molar-refractivity contribution < 1.29 is 4.39 Å². The summed E-state index contributed by atoms with van der Waals surface area (Å²) < 4.78 is 13.5. The second-order valence-corrected chi connectivity index (χ2v) is 4.92. The molecule has 0 aliphatic heterocycles. The molecule has 0 aromatic heterocycles. The third-order valence-electron chi connectivity index (χ3n) is 3.24. The Kier molecular flexibility index (Phi) is 2.75. The highest BCUT2D eigenvalue weighted by molar-refractivity contribution is 5.46. The number of nitrogens with two attached hydrogens (primary N) is 1. The zero-order chi connectivity index (χ0) is 11.9. The van der Waals surface area contributed by atoms with Gasteiger partial charge in [-0.3, -0.25) is 0 Å². The average molecular weight is 219 g/mol. The first-order chi connectivity index (χ1) is 7.49. The van der Waals surface area contributed by atoms with E-state index in [0.29, 0.717) is 5.92 Å². The minimum Gasteiger partial charge on any atom is -0.402 e. The fraction of sp³-hybridized carbons (Fsp3) is 0.429. The van der Waals surface area contributed by atoms with Crippen molar-refractivity contribution >= 4 is 0 Å². The van der Waals surface area contributed by atoms with E-state index in [1.165, 1.54) is 5.56 Å². The van der Waals surface area contributed by atoms with E-state index in [9.17, 15) is 4.39 Å². The summed E-state index contributed by atoms with van der Waals surface area (Å²) in [6, 6.07) is 3.30.